The van der Waals surface area contributed by atoms with E-state index in [1.807, 2.05) is 0 Å². The second-order valence-corrected chi connectivity index (χ2v) is 7.36. The molecule has 0 heterocycles. The third-order valence-electron chi connectivity index (χ3n) is 4.52. The number of nitrogens with two attached hydrogens (primary N) is 1. The first kappa shape index (κ1) is 24.1. The highest BCUT2D eigenvalue weighted by atomic mass is 35.5. The maximum Gasteiger partial charge on any atom is 0.343 e. The Labute approximate surface area is 199 Å². The van der Waals surface area contributed by atoms with Gasteiger partial charge in [0.05, 0.1) is 11.3 Å². The zero-order valence-electron chi connectivity index (χ0n) is 17.9. The van der Waals surface area contributed by atoms with Crippen LogP contribution in [0.5, 0.6) is 5.75 Å². The number of carbonyl (C=O) groups excluding carboxylic acids is 4. The molecule has 0 aliphatic carbocycles. The molecule has 4 N–H and O–H groups in total. The van der Waals surface area contributed by atoms with Gasteiger partial charge in [0.2, 0.25) is 5.91 Å². The first-order valence-corrected chi connectivity index (χ1v) is 10.2. The first-order valence-electron chi connectivity index (χ1n) is 9.87. The van der Waals surface area contributed by atoms with Crippen LogP contribution in [0, 0.1) is 0 Å². The lowest BCUT2D eigenvalue weighted by atomic mass is 10.1. The van der Waals surface area contributed by atoms with Gasteiger partial charge in [-0.25, -0.2) is 10.2 Å². The molecule has 0 spiro atoms. The minimum Gasteiger partial charge on any atom is -0.422 e. The van der Waals surface area contributed by atoms with Crippen molar-refractivity contribution in [2.24, 2.45) is 10.8 Å². The van der Waals surface area contributed by atoms with E-state index in [9.17, 15) is 19.2 Å². The number of benzene rings is 3. The number of anilines is 1. The summed E-state index contributed by atoms with van der Waals surface area (Å²) < 4.78 is 5.46. The lowest BCUT2D eigenvalue weighted by molar-refractivity contribution is -0.136. The Morgan fingerprint density at radius 2 is 1.47 bits per heavy atom. The molecule has 3 aromatic rings. The van der Waals surface area contributed by atoms with Crippen LogP contribution < -0.4 is 21.2 Å². The van der Waals surface area contributed by atoms with Crippen LogP contribution in [-0.4, -0.2) is 29.4 Å². The van der Waals surface area contributed by atoms with Crippen molar-refractivity contribution in [3.05, 3.63) is 94.5 Å². The molecule has 0 aliphatic rings. The van der Waals surface area contributed by atoms with Crippen LogP contribution in [0.15, 0.2) is 77.9 Å². The number of hydrogen-bond donors (Lipinski definition) is 3. The summed E-state index contributed by atoms with van der Waals surface area (Å²) in [7, 11) is 0. The molecule has 0 saturated heterocycles. The van der Waals surface area contributed by atoms with Crippen molar-refractivity contribution in [1.82, 2.24) is 5.43 Å². The Balaban J connectivity index is 1.66. The minimum absolute atomic E-state index is 0.219. The van der Waals surface area contributed by atoms with Crippen molar-refractivity contribution in [2.45, 2.75) is 6.92 Å². The molecule has 0 aliphatic heterocycles. The number of amides is 3. The zero-order chi connectivity index (χ0) is 24.7. The third-order valence-corrected chi connectivity index (χ3v) is 4.77. The molecule has 34 heavy (non-hydrogen) atoms. The largest absolute Gasteiger partial charge is 0.422 e. The van der Waals surface area contributed by atoms with Crippen LogP contribution in [0.1, 0.15) is 33.2 Å². The van der Waals surface area contributed by atoms with Gasteiger partial charge in [0, 0.05) is 21.8 Å². The lowest BCUT2D eigenvalue weighted by Crippen LogP contribution is -2.33. The number of nitrogens with one attached hydrogen (secondary N) is 2. The lowest BCUT2D eigenvalue weighted by Gasteiger charge is -2.10. The second-order valence-electron chi connectivity index (χ2n) is 6.93. The van der Waals surface area contributed by atoms with Gasteiger partial charge in [0.25, 0.3) is 0 Å². The summed E-state index contributed by atoms with van der Waals surface area (Å²) in [6.45, 7) is 1.58. The molecular weight excluding hydrogens is 460 g/mol. The van der Waals surface area contributed by atoms with Gasteiger partial charge < -0.3 is 15.8 Å². The van der Waals surface area contributed by atoms with Crippen molar-refractivity contribution in [1.29, 1.82) is 0 Å². The Morgan fingerprint density at radius 3 is 2.12 bits per heavy atom. The van der Waals surface area contributed by atoms with Crippen molar-refractivity contribution < 1.29 is 23.9 Å². The number of rotatable bonds is 6. The van der Waals surface area contributed by atoms with E-state index in [-0.39, 0.29) is 11.3 Å². The van der Waals surface area contributed by atoms with Gasteiger partial charge in [-0.15, -0.1) is 0 Å². The molecule has 0 saturated carbocycles. The molecule has 0 unspecified atom stereocenters. The second kappa shape index (κ2) is 10.9. The van der Waals surface area contributed by atoms with Gasteiger partial charge in [0.15, 0.2) is 0 Å². The van der Waals surface area contributed by atoms with Crippen molar-refractivity contribution >= 4 is 46.7 Å². The normalized spacial score (nSPS) is 10.8. The van der Waals surface area contributed by atoms with Crippen LogP contribution in [0.25, 0.3) is 0 Å². The first-order chi connectivity index (χ1) is 16.2. The quantitative estimate of drug-likeness (QED) is 0.164. The number of halogens is 1. The van der Waals surface area contributed by atoms with Gasteiger partial charge in [-0.05, 0) is 67.6 Å². The summed E-state index contributed by atoms with van der Waals surface area (Å²) in [5.41, 5.74) is 8.92. The van der Waals surface area contributed by atoms with Crippen molar-refractivity contribution in [2.75, 3.05) is 5.32 Å². The summed E-state index contributed by atoms with van der Waals surface area (Å²) in [4.78, 5) is 47.8. The summed E-state index contributed by atoms with van der Waals surface area (Å²) in [5, 5.41) is 6.80. The van der Waals surface area contributed by atoms with Gasteiger partial charge >= 0.3 is 17.8 Å². The highest BCUT2D eigenvalue weighted by molar-refractivity contribution is 6.39. The summed E-state index contributed by atoms with van der Waals surface area (Å²) in [5.74, 6) is -2.97. The Bertz CT molecular complexity index is 1270. The molecule has 0 bridgehead atoms. The average Bonchev–Trinajstić information content (AvgIpc) is 2.83. The van der Waals surface area contributed by atoms with Crippen LogP contribution in [0.3, 0.4) is 0 Å². The number of carbonyl (C=O) groups is 4. The summed E-state index contributed by atoms with van der Waals surface area (Å²) in [6.07, 6.45) is 0. The highest BCUT2D eigenvalue weighted by Gasteiger charge is 2.16. The Kier molecular flexibility index (Phi) is 7.73. The molecule has 0 aromatic heterocycles. The molecule has 10 heteroatoms. The zero-order valence-corrected chi connectivity index (χ0v) is 18.6. The molecule has 3 aromatic carbocycles. The summed E-state index contributed by atoms with van der Waals surface area (Å²) >= 11 is 5.84. The average molecular weight is 479 g/mol. The smallest absolute Gasteiger partial charge is 0.343 e. The molecule has 3 rings (SSSR count). The number of para-hydroxylation sites is 1. The maximum absolute atomic E-state index is 12.4. The van der Waals surface area contributed by atoms with E-state index in [0.717, 1.165) is 0 Å². The van der Waals surface area contributed by atoms with Gasteiger partial charge in [-0.1, -0.05) is 23.7 Å². The maximum atomic E-state index is 12.4. The predicted molar refractivity (Wildman–Crippen MR) is 127 cm³/mol. The molecule has 172 valence electrons. The van der Waals surface area contributed by atoms with Crippen LogP contribution in [0.2, 0.25) is 5.02 Å². The van der Waals surface area contributed by atoms with Crippen LogP contribution in [-0.2, 0) is 9.59 Å². The van der Waals surface area contributed by atoms with E-state index < -0.39 is 23.7 Å². The molecule has 0 radical (unpaired) electrons. The van der Waals surface area contributed by atoms with E-state index in [4.69, 9.17) is 22.1 Å². The van der Waals surface area contributed by atoms with E-state index >= 15 is 0 Å². The SMILES string of the molecule is C/C(=N\NC(=O)C(=O)Nc1ccc(C(N)=O)cc1)c1ccccc1OC(=O)c1ccc(Cl)cc1. The number of hydrazone groups is 1. The van der Waals surface area contributed by atoms with Crippen LogP contribution >= 0.6 is 11.6 Å². The number of esters is 1. The van der Waals surface area contributed by atoms with Gasteiger partial charge in [-0.3, -0.25) is 14.4 Å². The highest BCUT2D eigenvalue weighted by Crippen LogP contribution is 2.21. The molecular formula is C24H19ClN4O5. The summed E-state index contributed by atoms with van der Waals surface area (Å²) in [6, 6.07) is 18.5. The van der Waals surface area contributed by atoms with E-state index in [0.29, 0.717) is 27.5 Å². The van der Waals surface area contributed by atoms with E-state index in [1.165, 1.54) is 36.4 Å². The number of nitrogens with zero attached hydrogens (tertiary/aromatic N) is 1. The van der Waals surface area contributed by atoms with E-state index in [2.05, 4.69) is 15.8 Å². The fraction of sp³-hybridized carbons (Fsp3) is 0.0417. The fourth-order valence-electron chi connectivity index (χ4n) is 2.75. The monoisotopic (exact) mass is 478 g/mol. The topological polar surface area (TPSA) is 140 Å². The van der Waals surface area contributed by atoms with Gasteiger partial charge in [0.1, 0.15) is 5.75 Å². The third kappa shape index (κ3) is 6.27. The van der Waals surface area contributed by atoms with Crippen molar-refractivity contribution in [3.8, 4) is 5.75 Å². The van der Waals surface area contributed by atoms with Gasteiger partial charge in [-0.2, -0.15) is 5.10 Å². The van der Waals surface area contributed by atoms with Crippen molar-refractivity contribution in [3.63, 3.8) is 0 Å². The Hall–Kier alpha value is -4.50. The molecule has 9 nitrogen and oxygen atoms in total. The van der Waals surface area contributed by atoms with Crippen LogP contribution in [0.4, 0.5) is 5.69 Å². The molecule has 0 atom stereocenters. The fourth-order valence-corrected chi connectivity index (χ4v) is 2.88. The van der Waals surface area contributed by atoms with E-state index in [1.54, 1.807) is 43.3 Å². The number of ether oxygens (including phenoxy) is 1. The standard InChI is InChI=1S/C24H19ClN4O5/c1-14(28-29-23(32)22(31)27-18-12-8-15(9-13-18)21(26)30)19-4-2-3-5-20(19)34-24(33)16-6-10-17(25)11-7-16/h2-13H,1H3,(H2,26,30)(H,27,31)(H,29,32)/b28-14+. The molecule has 3 amide bonds. The molecule has 0 fully saturated rings. The Morgan fingerprint density at radius 1 is 0.853 bits per heavy atom. The minimum atomic E-state index is -1.02. The number of hydrogen-bond acceptors (Lipinski definition) is 6. The number of primary amides is 1. The predicted octanol–water partition coefficient (Wildman–Crippen LogP) is 3.14.